The van der Waals surface area contributed by atoms with E-state index < -0.39 is 30.6 Å². The first-order valence-electron chi connectivity index (χ1n) is 9.14. The van der Waals surface area contributed by atoms with Crippen molar-refractivity contribution in [1.82, 2.24) is 16.0 Å². The van der Waals surface area contributed by atoms with Crippen LogP contribution in [0.4, 0.5) is 8.78 Å². The van der Waals surface area contributed by atoms with Gasteiger partial charge < -0.3 is 26.4 Å². The first-order chi connectivity index (χ1) is 13.8. The number of hydrogen-bond donors (Lipinski definition) is 4. The SMILES string of the molecule is CCC(=O)NC1(C(=O)NC(C)c2ccc(OCC(F)F)c(CN)c2)C=NC=CN1. The molecule has 2 rings (SSSR count). The summed E-state index contributed by atoms with van der Waals surface area (Å²) in [7, 11) is 0. The molecule has 0 spiro atoms. The molecule has 1 aromatic carbocycles. The van der Waals surface area contributed by atoms with Crippen molar-refractivity contribution in [3.63, 3.8) is 0 Å². The van der Waals surface area contributed by atoms with Gasteiger partial charge >= 0.3 is 0 Å². The summed E-state index contributed by atoms with van der Waals surface area (Å²) < 4.78 is 29.8. The molecule has 1 heterocycles. The molecular weight excluding hydrogens is 384 g/mol. The highest BCUT2D eigenvalue weighted by atomic mass is 19.3. The highest BCUT2D eigenvalue weighted by Gasteiger charge is 2.39. The van der Waals surface area contributed by atoms with Gasteiger partial charge in [0.2, 0.25) is 11.6 Å². The Morgan fingerprint density at radius 1 is 1.38 bits per heavy atom. The Morgan fingerprint density at radius 3 is 2.72 bits per heavy atom. The van der Waals surface area contributed by atoms with Crippen LogP contribution in [-0.2, 0) is 16.1 Å². The van der Waals surface area contributed by atoms with Crippen LogP contribution >= 0.6 is 0 Å². The van der Waals surface area contributed by atoms with Crippen LogP contribution in [0.1, 0.15) is 37.4 Å². The quantitative estimate of drug-likeness (QED) is 0.491. The maximum absolute atomic E-state index is 12.9. The van der Waals surface area contributed by atoms with E-state index in [9.17, 15) is 18.4 Å². The second-order valence-corrected chi connectivity index (χ2v) is 6.42. The predicted molar refractivity (Wildman–Crippen MR) is 104 cm³/mol. The molecule has 10 heteroatoms. The number of rotatable bonds is 9. The summed E-state index contributed by atoms with van der Waals surface area (Å²) in [5.41, 5.74) is 5.43. The summed E-state index contributed by atoms with van der Waals surface area (Å²) in [6, 6.07) is 4.42. The van der Waals surface area contributed by atoms with Crippen LogP contribution in [0.25, 0.3) is 0 Å². The van der Waals surface area contributed by atoms with E-state index in [2.05, 4.69) is 20.9 Å². The van der Waals surface area contributed by atoms with E-state index in [1.165, 1.54) is 18.6 Å². The molecule has 1 aliphatic heterocycles. The molecule has 158 valence electrons. The van der Waals surface area contributed by atoms with Gasteiger partial charge in [0.1, 0.15) is 12.4 Å². The largest absolute Gasteiger partial charge is 0.487 e. The molecule has 0 radical (unpaired) electrons. The number of amides is 2. The molecule has 0 aliphatic carbocycles. The summed E-state index contributed by atoms with van der Waals surface area (Å²) >= 11 is 0. The third kappa shape index (κ3) is 5.74. The fourth-order valence-electron chi connectivity index (χ4n) is 2.68. The zero-order valence-corrected chi connectivity index (χ0v) is 16.2. The molecule has 1 aliphatic rings. The topological polar surface area (TPSA) is 118 Å². The van der Waals surface area contributed by atoms with E-state index in [-0.39, 0.29) is 24.6 Å². The highest BCUT2D eigenvalue weighted by molar-refractivity contribution is 6.06. The summed E-state index contributed by atoms with van der Waals surface area (Å²) in [6.45, 7) is 2.78. The summed E-state index contributed by atoms with van der Waals surface area (Å²) in [4.78, 5) is 28.7. The van der Waals surface area contributed by atoms with Gasteiger partial charge in [-0.25, -0.2) is 8.78 Å². The Hall–Kier alpha value is -3.01. The molecule has 0 saturated heterocycles. The van der Waals surface area contributed by atoms with E-state index in [4.69, 9.17) is 10.5 Å². The third-order valence-corrected chi connectivity index (χ3v) is 4.27. The molecule has 0 fully saturated rings. The van der Waals surface area contributed by atoms with Crippen molar-refractivity contribution in [3.05, 3.63) is 41.7 Å². The number of carbonyl (C=O) groups is 2. The Bertz CT molecular complexity index is 800. The van der Waals surface area contributed by atoms with Crippen LogP contribution in [-0.4, -0.2) is 36.7 Å². The van der Waals surface area contributed by atoms with Crippen molar-refractivity contribution < 1.29 is 23.1 Å². The zero-order chi connectivity index (χ0) is 21.4. The van der Waals surface area contributed by atoms with Crippen LogP contribution in [0.3, 0.4) is 0 Å². The molecular formula is C19H25F2N5O3. The fourth-order valence-corrected chi connectivity index (χ4v) is 2.68. The van der Waals surface area contributed by atoms with E-state index in [1.807, 2.05) is 0 Å². The van der Waals surface area contributed by atoms with Gasteiger partial charge in [-0.3, -0.25) is 14.6 Å². The van der Waals surface area contributed by atoms with Crippen LogP contribution in [0, 0.1) is 0 Å². The number of hydrogen-bond acceptors (Lipinski definition) is 6. The van der Waals surface area contributed by atoms with Gasteiger partial charge in [0, 0.05) is 30.9 Å². The molecule has 5 N–H and O–H groups in total. The average molecular weight is 409 g/mol. The van der Waals surface area contributed by atoms with Gasteiger partial charge in [-0.15, -0.1) is 0 Å². The second-order valence-electron chi connectivity index (χ2n) is 6.42. The van der Waals surface area contributed by atoms with Gasteiger partial charge in [-0.2, -0.15) is 0 Å². The smallest absolute Gasteiger partial charge is 0.272 e. The summed E-state index contributed by atoms with van der Waals surface area (Å²) in [5.74, 6) is -0.562. The van der Waals surface area contributed by atoms with Crippen molar-refractivity contribution in [1.29, 1.82) is 0 Å². The molecule has 1 aromatic rings. The van der Waals surface area contributed by atoms with Crippen molar-refractivity contribution in [2.24, 2.45) is 10.7 Å². The summed E-state index contributed by atoms with van der Waals surface area (Å²) in [5, 5.41) is 8.27. The number of benzene rings is 1. The third-order valence-electron chi connectivity index (χ3n) is 4.27. The van der Waals surface area contributed by atoms with Crippen molar-refractivity contribution in [2.45, 2.75) is 44.9 Å². The monoisotopic (exact) mass is 409 g/mol. The molecule has 2 atom stereocenters. The Kier molecular flexibility index (Phi) is 7.66. The lowest BCUT2D eigenvalue weighted by Gasteiger charge is -2.32. The van der Waals surface area contributed by atoms with Gasteiger partial charge in [0.05, 0.1) is 12.3 Å². The number of aliphatic imine (C=N–C) groups is 1. The predicted octanol–water partition coefficient (Wildman–Crippen LogP) is 1.33. The normalized spacial score (nSPS) is 18.8. The lowest BCUT2D eigenvalue weighted by molar-refractivity contribution is -0.132. The molecule has 0 aromatic heterocycles. The van der Waals surface area contributed by atoms with Crippen molar-refractivity contribution in [2.75, 3.05) is 6.61 Å². The van der Waals surface area contributed by atoms with Crippen LogP contribution in [0.5, 0.6) is 5.75 Å². The van der Waals surface area contributed by atoms with Crippen molar-refractivity contribution >= 4 is 18.0 Å². The second kappa shape index (κ2) is 9.97. The first-order valence-corrected chi connectivity index (χ1v) is 9.14. The van der Waals surface area contributed by atoms with Crippen LogP contribution in [0.2, 0.25) is 0 Å². The molecule has 8 nitrogen and oxygen atoms in total. The van der Waals surface area contributed by atoms with Crippen molar-refractivity contribution in [3.8, 4) is 5.75 Å². The number of nitrogens with zero attached hydrogens (tertiary/aromatic N) is 1. The lowest BCUT2D eigenvalue weighted by atomic mass is 10.0. The van der Waals surface area contributed by atoms with Gasteiger partial charge in [-0.1, -0.05) is 13.0 Å². The maximum Gasteiger partial charge on any atom is 0.272 e. The average Bonchev–Trinajstić information content (AvgIpc) is 2.72. The fraction of sp³-hybridized carbons (Fsp3) is 0.421. The molecule has 2 unspecified atom stereocenters. The van der Waals surface area contributed by atoms with Crippen LogP contribution < -0.4 is 26.4 Å². The molecule has 29 heavy (non-hydrogen) atoms. The van der Waals surface area contributed by atoms with E-state index in [1.54, 1.807) is 32.0 Å². The van der Waals surface area contributed by atoms with E-state index in [0.717, 1.165) is 0 Å². The van der Waals surface area contributed by atoms with E-state index in [0.29, 0.717) is 11.1 Å². The molecule has 0 saturated carbocycles. The lowest BCUT2D eigenvalue weighted by Crippen LogP contribution is -2.67. The Labute approximate surface area is 167 Å². The Morgan fingerprint density at radius 2 is 2.14 bits per heavy atom. The minimum atomic E-state index is -2.59. The van der Waals surface area contributed by atoms with Crippen LogP contribution in [0.15, 0.2) is 35.6 Å². The number of ether oxygens (including phenoxy) is 1. The molecule has 0 bridgehead atoms. The van der Waals surface area contributed by atoms with E-state index >= 15 is 0 Å². The Balaban J connectivity index is 2.16. The number of nitrogens with one attached hydrogen (secondary N) is 3. The number of carbonyl (C=O) groups excluding carboxylic acids is 2. The highest BCUT2D eigenvalue weighted by Crippen LogP contribution is 2.24. The number of alkyl halides is 2. The van der Waals surface area contributed by atoms with Gasteiger partial charge in [0.15, 0.2) is 0 Å². The first kappa shape index (κ1) is 22.3. The minimum Gasteiger partial charge on any atom is -0.487 e. The van der Waals surface area contributed by atoms with Gasteiger partial charge in [-0.05, 0) is 24.6 Å². The standard InChI is InChI=1S/C19H25F2N5O3/c1-3-17(27)26-19(11-23-6-7-24-19)18(28)25-12(2)13-4-5-15(14(8-13)9-22)29-10-16(20)21/h4-8,11-12,16,24H,3,9-10,22H2,1-2H3,(H,25,28)(H,26,27). The number of nitrogens with two attached hydrogens (primary N) is 1. The maximum atomic E-state index is 12.9. The molecule has 2 amide bonds. The number of halogens is 2. The zero-order valence-electron chi connectivity index (χ0n) is 16.2. The summed E-state index contributed by atoms with van der Waals surface area (Å²) in [6.07, 6.45) is 1.84. The van der Waals surface area contributed by atoms with Gasteiger partial charge in [0.25, 0.3) is 12.3 Å². The minimum absolute atomic E-state index is 0.0859.